The largest absolute Gasteiger partial charge is 0.0654 e. The molecule has 0 N–H and O–H groups in total. The summed E-state index contributed by atoms with van der Waals surface area (Å²) in [7, 11) is 0. The number of halogens is 2. The molecular formula is C9H16Br2. The van der Waals surface area contributed by atoms with Crippen molar-refractivity contribution >= 4 is 31.9 Å². The minimum Gasteiger partial charge on any atom is -0.0654 e. The van der Waals surface area contributed by atoms with Gasteiger partial charge in [0.05, 0.1) is 3.39 Å². The van der Waals surface area contributed by atoms with Crippen molar-refractivity contribution < 1.29 is 0 Å². The molecule has 0 aliphatic heterocycles. The molecule has 2 heteroatoms. The maximum Gasteiger partial charge on any atom is 0.0567 e. The van der Waals surface area contributed by atoms with Crippen LogP contribution in [0.5, 0.6) is 0 Å². The van der Waals surface area contributed by atoms with E-state index in [1.807, 2.05) is 0 Å². The second-order valence-corrected chi connectivity index (χ2v) is 5.54. The molecule has 0 radical (unpaired) electrons. The van der Waals surface area contributed by atoms with Gasteiger partial charge in [-0.25, -0.2) is 0 Å². The Morgan fingerprint density at radius 2 is 2.00 bits per heavy atom. The quantitative estimate of drug-likeness (QED) is 0.678. The molecule has 0 aromatic carbocycles. The summed E-state index contributed by atoms with van der Waals surface area (Å²) in [5.41, 5.74) is 0. The van der Waals surface area contributed by atoms with Crippen LogP contribution in [-0.2, 0) is 0 Å². The van der Waals surface area contributed by atoms with Gasteiger partial charge in [0.15, 0.2) is 0 Å². The minimum absolute atomic E-state index is 0.740. The molecule has 0 aromatic rings. The van der Waals surface area contributed by atoms with Gasteiger partial charge in [0, 0.05) is 0 Å². The van der Waals surface area contributed by atoms with Crippen LogP contribution >= 0.6 is 31.9 Å². The molecule has 0 amide bonds. The zero-order valence-corrected chi connectivity index (χ0v) is 10.4. The number of hydrogen-bond acceptors (Lipinski definition) is 0. The van der Waals surface area contributed by atoms with Crippen LogP contribution in [0.15, 0.2) is 9.47 Å². The topological polar surface area (TPSA) is 0 Å². The predicted molar refractivity (Wildman–Crippen MR) is 59.2 cm³/mol. The van der Waals surface area contributed by atoms with Gasteiger partial charge in [-0.1, -0.05) is 32.8 Å². The molecule has 0 rings (SSSR count). The van der Waals surface area contributed by atoms with Crippen molar-refractivity contribution in [2.45, 2.75) is 39.5 Å². The highest BCUT2D eigenvalue weighted by Gasteiger charge is 2.01. The van der Waals surface area contributed by atoms with Crippen LogP contribution in [0.1, 0.15) is 39.5 Å². The Morgan fingerprint density at radius 3 is 2.36 bits per heavy atom. The van der Waals surface area contributed by atoms with E-state index in [4.69, 9.17) is 0 Å². The lowest BCUT2D eigenvalue weighted by Crippen LogP contribution is -1.93. The summed E-state index contributed by atoms with van der Waals surface area (Å²) in [4.78, 5) is 0. The zero-order chi connectivity index (χ0) is 8.69. The molecule has 0 aliphatic carbocycles. The molecule has 0 spiro atoms. The number of allylic oxidation sites excluding steroid dienone is 1. The standard InChI is InChI=1S/C9H16Br2/c1-3-5-6-8(4-2)7-9(10)11/h7-8H,3-6H2,1-2H3. The van der Waals surface area contributed by atoms with Gasteiger partial charge >= 0.3 is 0 Å². The second-order valence-electron chi connectivity index (χ2n) is 2.77. The van der Waals surface area contributed by atoms with E-state index in [0.717, 1.165) is 9.31 Å². The molecule has 0 fully saturated rings. The Hall–Kier alpha value is 0.700. The summed E-state index contributed by atoms with van der Waals surface area (Å²) < 4.78 is 1.09. The van der Waals surface area contributed by atoms with Crippen LogP contribution in [0.2, 0.25) is 0 Å². The Kier molecular flexibility index (Phi) is 7.82. The van der Waals surface area contributed by atoms with Gasteiger partial charge in [-0.05, 0) is 50.6 Å². The van der Waals surface area contributed by atoms with E-state index in [-0.39, 0.29) is 0 Å². The van der Waals surface area contributed by atoms with Crippen molar-refractivity contribution in [3.63, 3.8) is 0 Å². The van der Waals surface area contributed by atoms with E-state index in [2.05, 4.69) is 51.8 Å². The van der Waals surface area contributed by atoms with E-state index >= 15 is 0 Å². The van der Waals surface area contributed by atoms with Gasteiger partial charge in [-0.15, -0.1) is 0 Å². The molecule has 0 nitrogen and oxygen atoms in total. The van der Waals surface area contributed by atoms with Crippen molar-refractivity contribution in [1.29, 1.82) is 0 Å². The Labute approximate surface area is 86.7 Å². The summed E-state index contributed by atoms with van der Waals surface area (Å²) in [5, 5.41) is 0. The van der Waals surface area contributed by atoms with Crippen molar-refractivity contribution in [1.82, 2.24) is 0 Å². The van der Waals surface area contributed by atoms with Crippen molar-refractivity contribution in [2.24, 2.45) is 5.92 Å². The number of unbranched alkanes of at least 4 members (excludes halogenated alkanes) is 1. The molecule has 0 aromatic heterocycles. The van der Waals surface area contributed by atoms with E-state index in [9.17, 15) is 0 Å². The molecule has 0 saturated heterocycles. The monoisotopic (exact) mass is 282 g/mol. The normalized spacial score (nSPS) is 12.7. The molecular weight excluding hydrogens is 268 g/mol. The summed E-state index contributed by atoms with van der Waals surface area (Å²) >= 11 is 6.77. The van der Waals surface area contributed by atoms with Gasteiger partial charge in [0.2, 0.25) is 0 Å². The van der Waals surface area contributed by atoms with Crippen LogP contribution in [0.4, 0.5) is 0 Å². The van der Waals surface area contributed by atoms with Gasteiger partial charge in [-0.3, -0.25) is 0 Å². The molecule has 66 valence electrons. The highest BCUT2D eigenvalue weighted by molar-refractivity contribution is 9.28. The average molecular weight is 284 g/mol. The Bertz CT molecular complexity index is 115. The number of hydrogen-bond donors (Lipinski definition) is 0. The third kappa shape index (κ3) is 7.07. The van der Waals surface area contributed by atoms with Crippen LogP contribution in [0.25, 0.3) is 0 Å². The maximum absolute atomic E-state index is 3.39. The molecule has 0 saturated carbocycles. The van der Waals surface area contributed by atoms with Crippen molar-refractivity contribution in [2.75, 3.05) is 0 Å². The fraction of sp³-hybridized carbons (Fsp3) is 0.778. The molecule has 11 heavy (non-hydrogen) atoms. The second kappa shape index (κ2) is 7.35. The predicted octanol–water partition coefficient (Wildman–Crippen LogP) is 4.83. The van der Waals surface area contributed by atoms with Crippen LogP contribution in [0.3, 0.4) is 0 Å². The molecule has 0 bridgehead atoms. The summed E-state index contributed by atoms with van der Waals surface area (Å²) in [6.45, 7) is 4.47. The van der Waals surface area contributed by atoms with Crippen LogP contribution in [-0.4, -0.2) is 0 Å². The summed E-state index contributed by atoms with van der Waals surface area (Å²) in [6.07, 6.45) is 7.43. The third-order valence-electron chi connectivity index (χ3n) is 1.81. The lowest BCUT2D eigenvalue weighted by Gasteiger charge is -2.08. The first-order chi connectivity index (χ1) is 5.20. The Morgan fingerprint density at radius 1 is 1.36 bits per heavy atom. The summed E-state index contributed by atoms with van der Waals surface area (Å²) in [6, 6.07) is 0. The van der Waals surface area contributed by atoms with E-state index in [0.29, 0.717) is 0 Å². The smallest absolute Gasteiger partial charge is 0.0567 e. The van der Waals surface area contributed by atoms with Crippen molar-refractivity contribution in [3.8, 4) is 0 Å². The first kappa shape index (κ1) is 11.7. The maximum atomic E-state index is 3.39. The first-order valence-electron chi connectivity index (χ1n) is 4.23. The third-order valence-corrected chi connectivity index (χ3v) is 2.34. The Balaban J connectivity index is 3.67. The lowest BCUT2D eigenvalue weighted by molar-refractivity contribution is 0.540. The average Bonchev–Trinajstić information content (AvgIpc) is 1.97. The molecule has 0 aliphatic rings. The van der Waals surface area contributed by atoms with Gasteiger partial charge in [0.1, 0.15) is 0 Å². The first-order valence-corrected chi connectivity index (χ1v) is 5.82. The molecule has 1 atom stereocenters. The fourth-order valence-corrected chi connectivity index (χ4v) is 1.80. The highest BCUT2D eigenvalue weighted by atomic mass is 79.9. The van der Waals surface area contributed by atoms with Gasteiger partial charge in [-0.2, -0.15) is 0 Å². The van der Waals surface area contributed by atoms with E-state index in [1.54, 1.807) is 0 Å². The summed E-state index contributed by atoms with van der Waals surface area (Å²) in [5.74, 6) is 0.740. The van der Waals surface area contributed by atoms with Crippen LogP contribution in [0, 0.1) is 5.92 Å². The van der Waals surface area contributed by atoms with E-state index < -0.39 is 0 Å². The lowest BCUT2D eigenvalue weighted by atomic mass is 10.00. The highest BCUT2D eigenvalue weighted by Crippen LogP contribution is 2.21. The van der Waals surface area contributed by atoms with E-state index in [1.165, 1.54) is 25.7 Å². The van der Waals surface area contributed by atoms with Gasteiger partial charge < -0.3 is 0 Å². The molecule has 1 unspecified atom stereocenters. The van der Waals surface area contributed by atoms with Crippen molar-refractivity contribution in [3.05, 3.63) is 9.47 Å². The van der Waals surface area contributed by atoms with Crippen LogP contribution < -0.4 is 0 Å². The fourth-order valence-electron chi connectivity index (χ4n) is 1.05. The SMILES string of the molecule is CCCCC(C=C(Br)Br)CC. The molecule has 0 heterocycles. The zero-order valence-electron chi connectivity index (χ0n) is 7.24. The minimum atomic E-state index is 0.740. The number of rotatable bonds is 5. The van der Waals surface area contributed by atoms with Gasteiger partial charge in [0.25, 0.3) is 0 Å².